The summed E-state index contributed by atoms with van der Waals surface area (Å²) in [6, 6.07) is 8.95. The fraction of sp³-hybridized carbons (Fsp3) is 0.471. The Hall–Kier alpha value is -1.07. The Morgan fingerprint density at radius 3 is 2.91 bits per heavy atom. The minimum absolute atomic E-state index is 0. The fourth-order valence-electron chi connectivity index (χ4n) is 2.95. The Bertz CT molecular complexity index is 627. The summed E-state index contributed by atoms with van der Waals surface area (Å²) in [5.74, 6) is 0. The van der Waals surface area contributed by atoms with Gasteiger partial charge < -0.3 is 5.32 Å². The Kier molecular flexibility index (Phi) is 6.48. The van der Waals surface area contributed by atoms with E-state index >= 15 is 0 Å². The van der Waals surface area contributed by atoms with E-state index in [4.69, 9.17) is 11.6 Å². The summed E-state index contributed by atoms with van der Waals surface area (Å²) in [6.45, 7) is 8.23. The lowest BCUT2D eigenvalue weighted by Gasteiger charge is -2.36. The van der Waals surface area contributed by atoms with Crippen molar-refractivity contribution in [1.82, 2.24) is 20.0 Å². The molecule has 1 N–H and O–H groups in total. The van der Waals surface area contributed by atoms with E-state index in [0.29, 0.717) is 12.1 Å². The highest BCUT2D eigenvalue weighted by molar-refractivity contribution is 6.30. The molecule has 1 fully saturated rings. The molecule has 0 amide bonds. The van der Waals surface area contributed by atoms with Crippen LogP contribution in [0, 0.1) is 0 Å². The van der Waals surface area contributed by atoms with E-state index in [1.165, 1.54) is 11.1 Å². The fourth-order valence-corrected chi connectivity index (χ4v) is 3.15. The van der Waals surface area contributed by atoms with Gasteiger partial charge >= 0.3 is 0 Å². The number of piperazine rings is 1. The van der Waals surface area contributed by atoms with Crippen LogP contribution in [0.15, 0.2) is 36.7 Å². The minimum atomic E-state index is 0. The van der Waals surface area contributed by atoms with Crippen molar-refractivity contribution < 1.29 is 0 Å². The number of halogens is 2. The molecule has 1 saturated heterocycles. The molecule has 0 saturated carbocycles. The van der Waals surface area contributed by atoms with Gasteiger partial charge in [0.15, 0.2) is 0 Å². The highest BCUT2D eigenvalue weighted by Crippen LogP contribution is 2.26. The molecular weight excluding hydrogens is 331 g/mol. The zero-order valence-corrected chi connectivity index (χ0v) is 15.1. The lowest BCUT2D eigenvalue weighted by molar-refractivity contribution is 0.153. The van der Waals surface area contributed by atoms with Crippen molar-refractivity contribution in [2.45, 2.75) is 32.5 Å². The smallest absolute Gasteiger partial charge is 0.0534 e. The molecule has 1 unspecified atom stereocenters. The molecule has 3 rings (SSSR count). The van der Waals surface area contributed by atoms with Gasteiger partial charge in [-0.05, 0) is 31.5 Å². The quantitative estimate of drug-likeness (QED) is 0.908. The first-order valence-electron chi connectivity index (χ1n) is 7.87. The highest BCUT2D eigenvalue weighted by atomic mass is 35.5. The van der Waals surface area contributed by atoms with Crippen LogP contribution in [-0.4, -0.2) is 34.3 Å². The molecule has 1 aromatic carbocycles. The van der Waals surface area contributed by atoms with E-state index in [1.54, 1.807) is 0 Å². The van der Waals surface area contributed by atoms with Crippen molar-refractivity contribution in [3.05, 3.63) is 52.8 Å². The third-order valence-electron chi connectivity index (χ3n) is 4.16. The molecule has 2 aromatic rings. The molecule has 1 atom stereocenters. The van der Waals surface area contributed by atoms with Gasteiger partial charge in [0.2, 0.25) is 0 Å². The third kappa shape index (κ3) is 4.48. The van der Waals surface area contributed by atoms with E-state index < -0.39 is 0 Å². The summed E-state index contributed by atoms with van der Waals surface area (Å²) in [5, 5.41) is 8.73. The number of nitrogens with one attached hydrogen (secondary N) is 1. The zero-order valence-electron chi connectivity index (χ0n) is 13.6. The lowest BCUT2D eigenvalue weighted by atomic mass is 10.0. The maximum absolute atomic E-state index is 6.16. The average Bonchev–Trinajstić information content (AvgIpc) is 2.97. The predicted octanol–water partition coefficient (Wildman–Crippen LogP) is 3.69. The van der Waals surface area contributed by atoms with Crippen molar-refractivity contribution in [3.8, 4) is 0 Å². The lowest BCUT2D eigenvalue weighted by Crippen LogP contribution is -2.45. The van der Waals surface area contributed by atoms with Crippen LogP contribution in [0.2, 0.25) is 5.02 Å². The van der Waals surface area contributed by atoms with Crippen molar-refractivity contribution in [2.24, 2.45) is 0 Å². The van der Waals surface area contributed by atoms with E-state index in [2.05, 4.69) is 47.5 Å². The SMILES string of the molecule is CC(C)n1cc(CN2CCNCC2c2cccc(Cl)c2)cn1.Cl. The number of benzene rings is 1. The molecule has 126 valence electrons. The summed E-state index contributed by atoms with van der Waals surface area (Å²) >= 11 is 6.16. The van der Waals surface area contributed by atoms with Crippen LogP contribution in [0.1, 0.15) is 37.1 Å². The molecule has 0 bridgehead atoms. The number of rotatable bonds is 4. The second kappa shape index (κ2) is 8.15. The first-order valence-corrected chi connectivity index (χ1v) is 8.24. The predicted molar refractivity (Wildman–Crippen MR) is 97.3 cm³/mol. The van der Waals surface area contributed by atoms with Gasteiger partial charge in [-0.25, -0.2) is 0 Å². The molecule has 0 aliphatic carbocycles. The molecule has 1 aliphatic heterocycles. The number of hydrogen-bond donors (Lipinski definition) is 1. The number of hydrogen-bond acceptors (Lipinski definition) is 3. The van der Waals surface area contributed by atoms with Crippen LogP contribution in [0.4, 0.5) is 0 Å². The van der Waals surface area contributed by atoms with Gasteiger partial charge in [-0.15, -0.1) is 12.4 Å². The highest BCUT2D eigenvalue weighted by Gasteiger charge is 2.24. The van der Waals surface area contributed by atoms with Crippen LogP contribution in [0.3, 0.4) is 0 Å². The number of nitrogens with zero attached hydrogens (tertiary/aromatic N) is 3. The Morgan fingerprint density at radius 2 is 2.22 bits per heavy atom. The molecule has 6 heteroatoms. The zero-order chi connectivity index (χ0) is 15.5. The second-order valence-corrected chi connectivity index (χ2v) is 6.60. The molecular formula is C17H24Cl2N4. The Balaban J connectivity index is 0.00000192. The van der Waals surface area contributed by atoms with Crippen LogP contribution < -0.4 is 5.32 Å². The monoisotopic (exact) mass is 354 g/mol. The molecule has 2 heterocycles. The number of aromatic nitrogens is 2. The van der Waals surface area contributed by atoms with Crippen molar-refractivity contribution >= 4 is 24.0 Å². The molecule has 23 heavy (non-hydrogen) atoms. The Labute approximate surface area is 149 Å². The standard InChI is InChI=1S/C17H23ClN4.ClH/c1-13(2)22-12-14(9-20-22)11-21-7-6-19-10-17(21)15-4-3-5-16(18)8-15;/h3-5,8-9,12-13,17,19H,6-7,10-11H2,1-2H3;1H. The summed E-state index contributed by atoms with van der Waals surface area (Å²) < 4.78 is 2.02. The second-order valence-electron chi connectivity index (χ2n) is 6.17. The van der Waals surface area contributed by atoms with Gasteiger partial charge in [-0.2, -0.15) is 5.10 Å². The van der Waals surface area contributed by atoms with Crippen molar-refractivity contribution in [1.29, 1.82) is 0 Å². The van der Waals surface area contributed by atoms with Crippen LogP contribution in [0.5, 0.6) is 0 Å². The van der Waals surface area contributed by atoms with Gasteiger partial charge in [0.25, 0.3) is 0 Å². The topological polar surface area (TPSA) is 33.1 Å². The van der Waals surface area contributed by atoms with E-state index in [-0.39, 0.29) is 12.4 Å². The summed E-state index contributed by atoms with van der Waals surface area (Å²) in [4.78, 5) is 2.50. The molecule has 1 aliphatic rings. The first-order chi connectivity index (χ1) is 10.6. The van der Waals surface area contributed by atoms with E-state index in [9.17, 15) is 0 Å². The maximum atomic E-state index is 6.16. The first kappa shape index (κ1) is 18.3. The van der Waals surface area contributed by atoms with Gasteiger partial charge in [-0.3, -0.25) is 9.58 Å². The summed E-state index contributed by atoms with van der Waals surface area (Å²) in [7, 11) is 0. The van der Waals surface area contributed by atoms with E-state index in [0.717, 1.165) is 31.2 Å². The van der Waals surface area contributed by atoms with E-state index in [1.807, 2.05) is 23.0 Å². The van der Waals surface area contributed by atoms with Crippen molar-refractivity contribution in [3.63, 3.8) is 0 Å². The van der Waals surface area contributed by atoms with Gasteiger partial charge in [0.05, 0.1) is 6.20 Å². The molecule has 0 spiro atoms. The molecule has 4 nitrogen and oxygen atoms in total. The van der Waals surface area contributed by atoms with Gasteiger partial charge in [0, 0.05) is 55.0 Å². The van der Waals surface area contributed by atoms with Gasteiger partial charge in [0.1, 0.15) is 0 Å². The largest absolute Gasteiger partial charge is 0.314 e. The van der Waals surface area contributed by atoms with Crippen LogP contribution in [0.25, 0.3) is 0 Å². The normalized spacial score (nSPS) is 18.9. The summed E-state index contributed by atoms with van der Waals surface area (Å²) in [6.07, 6.45) is 4.14. The van der Waals surface area contributed by atoms with Crippen molar-refractivity contribution in [2.75, 3.05) is 19.6 Å². The Morgan fingerprint density at radius 1 is 1.39 bits per heavy atom. The average molecular weight is 355 g/mol. The van der Waals surface area contributed by atoms with Gasteiger partial charge in [-0.1, -0.05) is 23.7 Å². The third-order valence-corrected chi connectivity index (χ3v) is 4.39. The van der Waals surface area contributed by atoms with Crippen LogP contribution in [-0.2, 0) is 6.54 Å². The van der Waals surface area contributed by atoms with Crippen LogP contribution >= 0.6 is 24.0 Å². The minimum Gasteiger partial charge on any atom is -0.314 e. The maximum Gasteiger partial charge on any atom is 0.0534 e. The summed E-state index contributed by atoms with van der Waals surface area (Å²) in [5.41, 5.74) is 2.54. The molecule has 1 aromatic heterocycles. The molecule has 0 radical (unpaired) electrons.